The van der Waals surface area contributed by atoms with Gasteiger partial charge in [0, 0.05) is 16.5 Å². The zero-order valence-electron chi connectivity index (χ0n) is 20.5. The fourth-order valence-corrected chi connectivity index (χ4v) is 4.37. The first-order chi connectivity index (χ1) is 16.9. The number of phenolic OH excluding ortho intramolecular Hbond substituents is 1. The van der Waals surface area contributed by atoms with Crippen molar-refractivity contribution in [3.05, 3.63) is 65.2 Å². The lowest BCUT2D eigenvalue weighted by Crippen LogP contribution is -2.27. The van der Waals surface area contributed by atoms with Gasteiger partial charge in [-0.15, -0.1) is 0 Å². The third-order valence-electron chi connectivity index (χ3n) is 5.68. The largest absolute Gasteiger partial charge is 0.504 e. The van der Waals surface area contributed by atoms with E-state index in [1.807, 2.05) is 24.3 Å². The highest BCUT2D eigenvalue weighted by Gasteiger charge is 2.28. The molecule has 0 bridgehead atoms. The van der Waals surface area contributed by atoms with Crippen LogP contribution in [0.1, 0.15) is 38.1 Å². The number of benzene rings is 3. The Morgan fingerprint density at radius 1 is 0.944 bits per heavy atom. The van der Waals surface area contributed by atoms with Crippen molar-refractivity contribution in [1.82, 2.24) is 4.57 Å². The quantitative estimate of drug-likeness (QED) is 0.288. The molecule has 2 N–H and O–H groups in total. The number of Topliss-reactive ketones (excluding diaryl/α,β-unsaturated/α-hetero) is 1. The number of carbonyl (C=O) groups excluding carboxylic acids is 2. The molecule has 0 radical (unpaired) electrons. The normalized spacial score (nSPS) is 11.5. The van der Waals surface area contributed by atoms with Crippen LogP contribution in [0, 0.1) is 0 Å². The maximum Gasteiger partial charge on any atom is 0.421 e. The van der Waals surface area contributed by atoms with Crippen molar-refractivity contribution in [2.75, 3.05) is 7.11 Å². The number of fused-ring (bicyclic) bond motifs is 1. The van der Waals surface area contributed by atoms with Gasteiger partial charge >= 0.3 is 6.09 Å². The third kappa shape index (κ3) is 4.50. The molecule has 4 rings (SSSR count). The molecule has 4 aromatic rings. The number of halogens is 1. The van der Waals surface area contributed by atoms with Crippen LogP contribution in [-0.4, -0.2) is 39.4 Å². The molecule has 36 heavy (non-hydrogen) atoms. The molecule has 3 aromatic carbocycles. The lowest BCUT2D eigenvalue weighted by atomic mass is 9.98. The summed E-state index contributed by atoms with van der Waals surface area (Å²) in [6.07, 6.45) is -0.816. The number of hydrogen-bond donors (Lipinski definition) is 2. The van der Waals surface area contributed by atoms with Crippen LogP contribution >= 0.6 is 11.6 Å². The van der Waals surface area contributed by atoms with Crippen LogP contribution in [0.25, 0.3) is 33.2 Å². The summed E-state index contributed by atoms with van der Waals surface area (Å²) in [4.78, 5) is 25.3. The Bertz CT molecular complexity index is 1500. The first kappa shape index (κ1) is 25.1. The van der Waals surface area contributed by atoms with E-state index in [1.165, 1.54) is 20.1 Å². The third-order valence-corrected chi connectivity index (χ3v) is 6.00. The maximum absolute atomic E-state index is 12.8. The molecule has 1 aromatic heterocycles. The SMILES string of the molecule is COc1cccc(-c2ccc(-c3cc4c(C(C)=O)c(O)n(C(=O)OC(C)(C)C)c4cc3Cl)cc2)c1O. The Morgan fingerprint density at radius 3 is 2.11 bits per heavy atom. The lowest BCUT2D eigenvalue weighted by molar-refractivity contribution is 0.0533. The second kappa shape index (κ2) is 9.24. The molecule has 8 heteroatoms. The van der Waals surface area contributed by atoms with E-state index in [0.717, 1.165) is 15.7 Å². The van der Waals surface area contributed by atoms with E-state index in [1.54, 1.807) is 45.0 Å². The monoisotopic (exact) mass is 507 g/mol. The molecule has 0 unspecified atom stereocenters. The van der Waals surface area contributed by atoms with Gasteiger partial charge in [-0.2, -0.15) is 0 Å². The van der Waals surface area contributed by atoms with Crippen LogP contribution in [-0.2, 0) is 4.74 Å². The van der Waals surface area contributed by atoms with Gasteiger partial charge in [-0.05, 0) is 57.0 Å². The number of rotatable bonds is 4. The van der Waals surface area contributed by atoms with Crippen molar-refractivity contribution in [2.45, 2.75) is 33.3 Å². The number of ketones is 1. The number of aromatic nitrogens is 1. The maximum atomic E-state index is 12.8. The van der Waals surface area contributed by atoms with Crippen LogP contribution in [0.2, 0.25) is 5.02 Å². The molecule has 0 saturated heterocycles. The minimum absolute atomic E-state index is 0.00620. The molecule has 0 atom stereocenters. The van der Waals surface area contributed by atoms with E-state index < -0.39 is 23.4 Å². The van der Waals surface area contributed by atoms with Gasteiger partial charge in [-0.1, -0.05) is 48.0 Å². The van der Waals surface area contributed by atoms with Crippen LogP contribution in [0.3, 0.4) is 0 Å². The first-order valence-electron chi connectivity index (χ1n) is 11.2. The number of hydrogen-bond acceptors (Lipinski definition) is 6. The van der Waals surface area contributed by atoms with Crippen molar-refractivity contribution >= 4 is 34.4 Å². The zero-order chi connectivity index (χ0) is 26.4. The average Bonchev–Trinajstić information content (AvgIpc) is 3.08. The Kier molecular flexibility index (Phi) is 6.45. The summed E-state index contributed by atoms with van der Waals surface area (Å²) >= 11 is 6.62. The van der Waals surface area contributed by atoms with Gasteiger partial charge in [0.25, 0.3) is 0 Å². The van der Waals surface area contributed by atoms with Crippen molar-refractivity contribution in [3.8, 4) is 39.6 Å². The summed E-state index contributed by atoms with van der Waals surface area (Å²) in [5.41, 5.74) is 2.19. The molecule has 0 aliphatic rings. The van der Waals surface area contributed by atoms with E-state index in [9.17, 15) is 19.8 Å². The second-order valence-corrected chi connectivity index (χ2v) is 9.76. The summed E-state index contributed by atoms with van der Waals surface area (Å²) in [6, 6.07) is 15.8. The highest BCUT2D eigenvalue weighted by molar-refractivity contribution is 6.34. The minimum Gasteiger partial charge on any atom is -0.504 e. The van der Waals surface area contributed by atoms with Crippen molar-refractivity contribution in [3.63, 3.8) is 0 Å². The van der Waals surface area contributed by atoms with Gasteiger partial charge in [0.1, 0.15) is 5.60 Å². The van der Waals surface area contributed by atoms with E-state index in [2.05, 4.69) is 0 Å². The van der Waals surface area contributed by atoms with Crippen LogP contribution in [0.4, 0.5) is 4.79 Å². The Balaban J connectivity index is 1.83. The lowest BCUT2D eigenvalue weighted by Gasteiger charge is -2.20. The number of methoxy groups -OCH3 is 1. The van der Waals surface area contributed by atoms with Crippen molar-refractivity contribution in [1.29, 1.82) is 0 Å². The van der Waals surface area contributed by atoms with E-state index in [4.69, 9.17) is 21.1 Å². The Labute approximate surface area is 213 Å². The summed E-state index contributed by atoms with van der Waals surface area (Å²) in [7, 11) is 1.49. The number of nitrogens with zero attached hydrogens (tertiary/aromatic N) is 1. The van der Waals surface area contributed by atoms with Crippen LogP contribution < -0.4 is 4.74 Å². The van der Waals surface area contributed by atoms with Gasteiger partial charge in [0.05, 0.1) is 23.2 Å². The second-order valence-electron chi connectivity index (χ2n) is 9.35. The summed E-state index contributed by atoms with van der Waals surface area (Å²) in [5, 5.41) is 22.0. The predicted octanol–water partition coefficient (Wildman–Crippen LogP) is 7.03. The molecule has 1 heterocycles. The van der Waals surface area contributed by atoms with Crippen LogP contribution in [0.15, 0.2) is 54.6 Å². The fraction of sp³-hybridized carbons (Fsp3) is 0.214. The number of aromatic hydroxyl groups is 2. The smallest absolute Gasteiger partial charge is 0.421 e. The fourth-order valence-electron chi connectivity index (χ4n) is 4.10. The molecule has 186 valence electrons. The molecule has 0 aliphatic carbocycles. The van der Waals surface area contributed by atoms with Crippen molar-refractivity contribution < 1.29 is 29.3 Å². The molecule has 0 aliphatic heterocycles. The highest BCUT2D eigenvalue weighted by Crippen LogP contribution is 2.41. The molecular formula is C28H26ClNO6. The summed E-state index contributed by atoms with van der Waals surface area (Å²) < 4.78 is 11.6. The van der Waals surface area contributed by atoms with E-state index in [0.29, 0.717) is 27.3 Å². The minimum atomic E-state index is -0.816. The predicted molar refractivity (Wildman–Crippen MR) is 139 cm³/mol. The first-order valence-corrected chi connectivity index (χ1v) is 11.6. The van der Waals surface area contributed by atoms with Gasteiger partial charge in [-0.3, -0.25) is 4.79 Å². The summed E-state index contributed by atoms with van der Waals surface area (Å²) in [5.74, 6) is -0.492. The molecule has 0 saturated carbocycles. The van der Waals surface area contributed by atoms with Gasteiger partial charge < -0.3 is 19.7 Å². The van der Waals surface area contributed by atoms with E-state index >= 15 is 0 Å². The molecular weight excluding hydrogens is 482 g/mol. The van der Waals surface area contributed by atoms with Gasteiger partial charge in [0.15, 0.2) is 17.3 Å². The number of para-hydroxylation sites is 1. The molecule has 0 fully saturated rings. The average molecular weight is 508 g/mol. The van der Waals surface area contributed by atoms with Gasteiger partial charge in [0.2, 0.25) is 5.88 Å². The number of carbonyl (C=O) groups is 2. The summed E-state index contributed by atoms with van der Waals surface area (Å²) in [6.45, 7) is 6.44. The highest BCUT2D eigenvalue weighted by atomic mass is 35.5. The molecule has 0 spiro atoms. The Morgan fingerprint density at radius 2 is 1.56 bits per heavy atom. The van der Waals surface area contributed by atoms with Crippen molar-refractivity contribution in [2.24, 2.45) is 0 Å². The topological polar surface area (TPSA) is 98.0 Å². The number of ether oxygens (including phenoxy) is 2. The molecule has 0 amide bonds. The van der Waals surface area contributed by atoms with E-state index in [-0.39, 0.29) is 16.8 Å². The number of phenols is 1. The van der Waals surface area contributed by atoms with Gasteiger partial charge in [-0.25, -0.2) is 9.36 Å². The standard InChI is InChI=1S/C28H26ClNO6/c1-15(31)24-20-13-19(21(29)14-22(20)30(26(24)33)27(34)36-28(2,3)4)17-11-9-16(10-12-17)18-7-6-8-23(35-5)25(18)32/h6-14,32-33H,1-5H3. The molecule has 7 nitrogen and oxygen atoms in total. The Hall–Kier alpha value is -3.97. The zero-order valence-corrected chi connectivity index (χ0v) is 21.3. The van der Waals surface area contributed by atoms with Crippen LogP contribution in [0.5, 0.6) is 17.4 Å².